The molecular formula is C18H14F3N3OS. The topological polar surface area (TPSA) is 68.0 Å². The van der Waals surface area contributed by atoms with Crippen LogP contribution in [0.5, 0.6) is 0 Å². The molecule has 0 bridgehead atoms. The summed E-state index contributed by atoms with van der Waals surface area (Å²) < 4.78 is 43.1. The first-order valence-corrected chi connectivity index (χ1v) is 8.52. The maximum absolute atomic E-state index is 15.1. The minimum atomic E-state index is -1.04. The summed E-state index contributed by atoms with van der Waals surface area (Å²) in [6.45, 7) is 1.62. The highest BCUT2D eigenvalue weighted by atomic mass is 32.1. The van der Waals surface area contributed by atoms with Gasteiger partial charge < -0.3 is 4.90 Å². The molecule has 4 nitrogen and oxygen atoms in total. The van der Waals surface area contributed by atoms with Crippen LogP contribution in [0.3, 0.4) is 0 Å². The van der Waals surface area contributed by atoms with Crippen LogP contribution in [0.4, 0.5) is 13.2 Å². The average molecular weight is 377 g/mol. The monoisotopic (exact) mass is 377 g/mol. The molecule has 3 rings (SSSR count). The number of piperidine rings is 1. The summed E-state index contributed by atoms with van der Waals surface area (Å²) in [4.78, 5) is 13.3. The van der Waals surface area contributed by atoms with E-state index in [1.165, 1.54) is 18.0 Å². The van der Waals surface area contributed by atoms with Gasteiger partial charge in [0.05, 0.1) is 16.0 Å². The number of amidine groups is 1. The zero-order valence-corrected chi connectivity index (χ0v) is 14.8. The maximum atomic E-state index is 15.1. The van der Waals surface area contributed by atoms with Crippen molar-refractivity contribution in [3.05, 3.63) is 45.4 Å². The molecule has 1 N–H and O–H groups in total. The molecule has 1 aliphatic rings. The summed E-state index contributed by atoms with van der Waals surface area (Å²) >= 11 is 0.578. The van der Waals surface area contributed by atoms with E-state index >= 15 is 4.39 Å². The van der Waals surface area contributed by atoms with Gasteiger partial charge in [-0.3, -0.25) is 10.2 Å². The third-order valence-electron chi connectivity index (χ3n) is 4.61. The number of carbonyl (C=O) groups is 1. The lowest BCUT2D eigenvalue weighted by Gasteiger charge is -2.36. The van der Waals surface area contributed by atoms with Gasteiger partial charge in [0.2, 0.25) is 5.91 Å². The van der Waals surface area contributed by atoms with Gasteiger partial charge in [-0.15, -0.1) is 11.3 Å². The average Bonchev–Trinajstić information content (AvgIpc) is 2.89. The number of carbonyl (C=O) groups excluding carboxylic acids is 1. The van der Waals surface area contributed by atoms with Crippen LogP contribution in [0.2, 0.25) is 0 Å². The summed E-state index contributed by atoms with van der Waals surface area (Å²) in [5, 5.41) is 16.0. The normalized spacial score (nSPS) is 20.4. The minimum absolute atomic E-state index is 0.0343. The van der Waals surface area contributed by atoms with Crippen LogP contribution in [0.25, 0.3) is 11.1 Å². The number of rotatable bonds is 2. The van der Waals surface area contributed by atoms with E-state index in [1.54, 1.807) is 13.0 Å². The van der Waals surface area contributed by atoms with Crippen molar-refractivity contribution in [2.45, 2.75) is 25.2 Å². The van der Waals surface area contributed by atoms with Crippen molar-refractivity contribution >= 4 is 23.1 Å². The Morgan fingerprint density at radius 1 is 1.31 bits per heavy atom. The highest BCUT2D eigenvalue weighted by Gasteiger charge is 2.42. The molecule has 1 atom stereocenters. The van der Waals surface area contributed by atoms with Gasteiger partial charge in [-0.1, -0.05) is 13.0 Å². The second-order valence-corrected chi connectivity index (χ2v) is 7.48. The molecule has 0 radical (unpaired) electrons. The van der Waals surface area contributed by atoms with Gasteiger partial charge >= 0.3 is 0 Å². The molecular weight excluding hydrogens is 363 g/mol. The molecule has 8 heteroatoms. The molecule has 1 fully saturated rings. The van der Waals surface area contributed by atoms with E-state index in [2.05, 4.69) is 0 Å². The Morgan fingerprint density at radius 3 is 2.62 bits per heavy atom. The lowest BCUT2D eigenvalue weighted by molar-refractivity contribution is -0.128. The van der Waals surface area contributed by atoms with E-state index in [0.717, 1.165) is 12.1 Å². The smallest absolute Gasteiger partial charge is 0.228 e. The predicted molar refractivity (Wildman–Crippen MR) is 91.4 cm³/mol. The zero-order valence-electron chi connectivity index (χ0n) is 14.0. The summed E-state index contributed by atoms with van der Waals surface area (Å²) in [5.74, 6) is -1.91. The lowest BCUT2D eigenvalue weighted by atomic mass is 9.77. The highest BCUT2D eigenvalue weighted by molar-refractivity contribution is 7.11. The molecule has 1 saturated heterocycles. The van der Waals surface area contributed by atoms with Crippen LogP contribution in [0.15, 0.2) is 18.2 Å². The molecule has 1 aromatic heterocycles. The number of nitriles is 1. The Balaban J connectivity index is 2.11. The highest BCUT2D eigenvalue weighted by Crippen LogP contribution is 2.45. The Hall–Kier alpha value is -2.66. The van der Waals surface area contributed by atoms with Crippen molar-refractivity contribution in [2.24, 2.45) is 0 Å². The van der Waals surface area contributed by atoms with Crippen molar-refractivity contribution < 1.29 is 18.0 Å². The van der Waals surface area contributed by atoms with Crippen LogP contribution in [-0.2, 0) is 10.2 Å². The van der Waals surface area contributed by atoms with Crippen molar-refractivity contribution in [1.82, 2.24) is 4.90 Å². The van der Waals surface area contributed by atoms with Crippen LogP contribution >= 0.6 is 11.3 Å². The molecule has 0 spiro atoms. The van der Waals surface area contributed by atoms with Crippen molar-refractivity contribution in [2.75, 3.05) is 7.05 Å². The molecule has 1 aromatic carbocycles. The molecule has 0 saturated carbocycles. The van der Waals surface area contributed by atoms with E-state index in [9.17, 15) is 13.6 Å². The summed E-state index contributed by atoms with van der Waals surface area (Å²) in [7, 11) is 1.48. The predicted octanol–water partition coefficient (Wildman–Crippen LogP) is 4.19. The first kappa shape index (κ1) is 18.1. The first-order chi connectivity index (χ1) is 12.2. The van der Waals surface area contributed by atoms with Gasteiger partial charge in [0, 0.05) is 25.3 Å². The Morgan fingerprint density at radius 2 is 2.00 bits per heavy atom. The largest absolute Gasteiger partial charge is 0.304 e. The lowest BCUT2D eigenvalue weighted by Crippen LogP contribution is -2.46. The Labute approximate surface area is 152 Å². The van der Waals surface area contributed by atoms with Crippen LogP contribution in [0.1, 0.15) is 30.2 Å². The first-order valence-electron chi connectivity index (χ1n) is 7.70. The molecule has 0 aliphatic carbocycles. The number of hydrogen-bond acceptors (Lipinski definition) is 4. The molecule has 2 aromatic rings. The number of nitrogens with one attached hydrogen (secondary N) is 1. The minimum Gasteiger partial charge on any atom is -0.304 e. The fraction of sp³-hybridized carbons (Fsp3) is 0.278. The summed E-state index contributed by atoms with van der Waals surface area (Å²) in [6, 6.07) is 4.93. The van der Waals surface area contributed by atoms with E-state index in [0.29, 0.717) is 11.3 Å². The number of nitrogens with zero attached hydrogens (tertiary/aromatic N) is 2. The number of benzene rings is 1. The second-order valence-electron chi connectivity index (χ2n) is 6.51. The number of thiophene rings is 1. The fourth-order valence-electron chi connectivity index (χ4n) is 3.09. The molecule has 134 valence electrons. The van der Waals surface area contributed by atoms with Gasteiger partial charge in [0.25, 0.3) is 0 Å². The SMILES string of the molecule is CN1C(=N)C[C@](C)(c2sc(F)c(-c3ccc(F)c(C#N)c3)c2F)CC1=O. The van der Waals surface area contributed by atoms with Gasteiger partial charge in [-0.05, 0) is 17.7 Å². The van der Waals surface area contributed by atoms with Crippen molar-refractivity contribution in [1.29, 1.82) is 10.7 Å². The van der Waals surface area contributed by atoms with E-state index in [1.807, 2.05) is 0 Å². The van der Waals surface area contributed by atoms with Gasteiger partial charge in [-0.2, -0.15) is 9.65 Å². The third kappa shape index (κ3) is 2.78. The van der Waals surface area contributed by atoms with E-state index in [4.69, 9.17) is 10.7 Å². The maximum Gasteiger partial charge on any atom is 0.228 e. The standard InChI is InChI=1S/C18H14F3N3OS/c1-18(6-12(23)24(2)13(25)7-18)16-15(20)14(17(21)26-16)9-3-4-11(19)10(5-9)8-22/h3-5,23H,6-7H2,1-2H3/t18-/m0/s1. The Bertz CT molecular complexity index is 959. The van der Waals surface area contributed by atoms with Crippen LogP contribution in [0, 0.1) is 33.5 Å². The molecule has 1 aliphatic heterocycles. The molecule has 0 unspecified atom stereocenters. The molecule has 26 heavy (non-hydrogen) atoms. The van der Waals surface area contributed by atoms with E-state index in [-0.39, 0.29) is 46.2 Å². The number of amides is 1. The summed E-state index contributed by atoms with van der Waals surface area (Å²) in [5.41, 5.74) is -1.64. The molecule has 1 amide bonds. The third-order valence-corrected chi connectivity index (χ3v) is 5.87. The second kappa shape index (κ2) is 6.25. The van der Waals surface area contributed by atoms with Crippen LogP contribution < -0.4 is 0 Å². The number of likely N-dealkylation sites (tertiary alicyclic amines) is 1. The fourth-order valence-corrected chi connectivity index (χ4v) is 4.17. The van der Waals surface area contributed by atoms with Crippen LogP contribution in [-0.4, -0.2) is 23.7 Å². The van der Waals surface area contributed by atoms with Crippen molar-refractivity contribution in [3.8, 4) is 17.2 Å². The van der Waals surface area contributed by atoms with Crippen molar-refractivity contribution in [3.63, 3.8) is 0 Å². The van der Waals surface area contributed by atoms with E-state index < -0.39 is 22.2 Å². The number of halogens is 3. The summed E-state index contributed by atoms with van der Waals surface area (Å²) in [6.07, 6.45) is 0.0491. The van der Waals surface area contributed by atoms with Gasteiger partial charge in [0.15, 0.2) is 5.13 Å². The number of hydrogen-bond donors (Lipinski definition) is 1. The van der Waals surface area contributed by atoms with Gasteiger partial charge in [0.1, 0.15) is 23.5 Å². The van der Waals surface area contributed by atoms with Gasteiger partial charge in [-0.25, -0.2) is 8.78 Å². The Kier molecular flexibility index (Phi) is 4.36. The zero-order chi connectivity index (χ0) is 19.2. The molecule has 2 heterocycles. The quantitative estimate of drug-likeness (QED) is 0.853.